The van der Waals surface area contributed by atoms with Crippen LogP contribution in [0.15, 0.2) is 30.3 Å². The first-order chi connectivity index (χ1) is 8.97. The Kier molecular flexibility index (Phi) is 4.36. The van der Waals surface area contributed by atoms with Gasteiger partial charge in [-0.25, -0.2) is 0 Å². The van der Waals surface area contributed by atoms with Gasteiger partial charge in [0, 0.05) is 17.9 Å². The molecule has 0 N–H and O–H groups in total. The highest BCUT2D eigenvalue weighted by Gasteiger charge is 2.27. The summed E-state index contributed by atoms with van der Waals surface area (Å²) in [5, 5.41) is 7.67. The summed E-state index contributed by atoms with van der Waals surface area (Å²) in [6, 6.07) is 9.06. The number of nitrogens with zero attached hydrogens (tertiary/aromatic N) is 3. The second-order valence-corrected chi connectivity index (χ2v) is 5.10. The SMILES string of the molecule is FC(F)(F)SCCn1c(Cl)nnc1-c1ccccc1. The largest absolute Gasteiger partial charge is 0.441 e. The summed E-state index contributed by atoms with van der Waals surface area (Å²) < 4.78 is 37.8. The van der Waals surface area contributed by atoms with Gasteiger partial charge < -0.3 is 0 Å². The Hall–Kier alpha value is -1.21. The fourth-order valence-corrected chi connectivity index (χ4v) is 2.24. The highest BCUT2D eigenvalue weighted by molar-refractivity contribution is 8.00. The molecular weight excluding hydrogens is 299 g/mol. The third-order valence-corrected chi connectivity index (χ3v) is 3.31. The first kappa shape index (κ1) is 14.2. The molecule has 0 bridgehead atoms. The molecule has 0 fully saturated rings. The highest BCUT2D eigenvalue weighted by Crippen LogP contribution is 2.31. The van der Waals surface area contributed by atoms with Gasteiger partial charge >= 0.3 is 5.51 Å². The maximum atomic E-state index is 12.1. The number of thioether (sulfide) groups is 1. The van der Waals surface area contributed by atoms with E-state index in [0.29, 0.717) is 5.82 Å². The minimum atomic E-state index is -4.24. The molecule has 0 saturated heterocycles. The van der Waals surface area contributed by atoms with Crippen LogP contribution in [-0.2, 0) is 6.54 Å². The molecule has 8 heteroatoms. The number of alkyl halides is 3. The van der Waals surface area contributed by atoms with E-state index in [1.165, 1.54) is 4.57 Å². The van der Waals surface area contributed by atoms with Crippen LogP contribution in [0.1, 0.15) is 0 Å². The number of hydrogen-bond acceptors (Lipinski definition) is 3. The van der Waals surface area contributed by atoms with Crippen LogP contribution in [0.25, 0.3) is 11.4 Å². The van der Waals surface area contributed by atoms with Crippen LogP contribution in [0.4, 0.5) is 13.2 Å². The Labute approximate surface area is 116 Å². The normalized spacial score (nSPS) is 11.8. The van der Waals surface area contributed by atoms with Gasteiger partial charge in [-0.05, 0) is 23.4 Å². The van der Waals surface area contributed by atoms with Crippen LogP contribution in [0.5, 0.6) is 0 Å². The van der Waals surface area contributed by atoms with Crippen LogP contribution >= 0.6 is 23.4 Å². The Bertz CT molecular complexity index is 542. The van der Waals surface area contributed by atoms with Gasteiger partial charge in [0.15, 0.2) is 5.82 Å². The van der Waals surface area contributed by atoms with Gasteiger partial charge in [0.05, 0.1) is 0 Å². The minimum Gasteiger partial charge on any atom is -0.297 e. The van der Waals surface area contributed by atoms with Gasteiger partial charge in [0.25, 0.3) is 0 Å². The summed E-state index contributed by atoms with van der Waals surface area (Å²) in [6.07, 6.45) is 0. The molecule has 1 aromatic heterocycles. The summed E-state index contributed by atoms with van der Waals surface area (Å²) >= 11 is 5.75. The molecule has 0 radical (unpaired) electrons. The number of halogens is 4. The Morgan fingerprint density at radius 3 is 2.47 bits per heavy atom. The third kappa shape index (κ3) is 3.87. The van der Waals surface area contributed by atoms with E-state index >= 15 is 0 Å². The standard InChI is InChI=1S/C11H9ClF3N3S/c12-10-17-16-9(8-4-2-1-3-5-8)18(10)6-7-19-11(13,14)15/h1-5H,6-7H2. The number of rotatable bonds is 4. The van der Waals surface area contributed by atoms with Crippen LogP contribution in [0.3, 0.4) is 0 Å². The fraction of sp³-hybridized carbons (Fsp3) is 0.273. The molecule has 2 rings (SSSR count). The summed E-state index contributed by atoms with van der Waals surface area (Å²) in [4.78, 5) is 0. The van der Waals surface area contributed by atoms with Crippen molar-refractivity contribution in [2.75, 3.05) is 5.75 Å². The lowest BCUT2D eigenvalue weighted by molar-refractivity contribution is -0.0328. The third-order valence-electron chi connectivity index (χ3n) is 2.32. The lowest BCUT2D eigenvalue weighted by Gasteiger charge is -2.09. The van der Waals surface area contributed by atoms with Crippen molar-refractivity contribution in [3.8, 4) is 11.4 Å². The van der Waals surface area contributed by atoms with E-state index in [9.17, 15) is 13.2 Å². The van der Waals surface area contributed by atoms with Crippen LogP contribution in [0.2, 0.25) is 5.28 Å². The molecule has 0 aliphatic heterocycles. The van der Waals surface area contributed by atoms with Gasteiger partial charge in [-0.2, -0.15) is 13.2 Å². The second-order valence-electron chi connectivity index (χ2n) is 3.60. The molecule has 0 aliphatic carbocycles. The Balaban J connectivity index is 2.15. The molecule has 1 aromatic carbocycles. The molecule has 2 aromatic rings. The molecule has 0 atom stereocenters. The van der Waals surface area contributed by atoms with Crippen molar-refractivity contribution in [1.29, 1.82) is 0 Å². The molecule has 19 heavy (non-hydrogen) atoms. The lowest BCUT2D eigenvalue weighted by atomic mass is 10.2. The smallest absolute Gasteiger partial charge is 0.297 e. The topological polar surface area (TPSA) is 30.7 Å². The molecule has 102 valence electrons. The molecule has 0 spiro atoms. The van der Waals surface area contributed by atoms with Crippen LogP contribution in [0, 0.1) is 0 Å². The van der Waals surface area contributed by atoms with Gasteiger partial charge in [0.2, 0.25) is 5.28 Å². The molecule has 3 nitrogen and oxygen atoms in total. The van der Waals surface area contributed by atoms with E-state index in [-0.39, 0.29) is 29.3 Å². The molecule has 1 heterocycles. The maximum absolute atomic E-state index is 12.1. The van der Waals surface area contributed by atoms with E-state index in [1.807, 2.05) is 18.2 Å². The van der Waals surface area contributed by atoms with Crippen LogP contribution < -0.4 is 0 Å². The molecule has 0 unspecified atom stereocenters. The average Bonchev–Trinajstić information content (AvgIpc) is 2.71. The van der Waals surface area contributed by atoms with Crippen LogP contribution in [-0.4, -0.2) is 26.0 Å². The molecule has 0 amide bonds. The predicted molar refractivity (Wildman–Crippen MR) is 69.0 cm³/mol. The minimum absolute atomic E-state index is 0.0848. The fourth-order valence-electron chi connectivity index (χ4n) is 1.54. The Morgan fingerprint density at radius 1 is 1.16 bits per heavy atom. The second kappa shape index (κ2) is 5.83. The quantitative estimate of drug-likeness (QED) is 0.859. The van der Waals surface area contributed by atoms with Crippen molar-refractivity contribution in [1.82, 2.24) is 14.8 Å². The lowest BCUT2D eigenvalue weighted by Crippen LogP contribution is -2.08. The summed E-state index contributed by atoms with van der Waals surface area (Å²) in [6.45, 7) is 0.0975. The van der Waals surface area contributed by atoms with Crippen molar-refractivity contribution < 1.29 is 13.2 Å². The van der Waals surface area contributed by atoms with E-state index in [1.54, 1.807) is 12.1 Å². The van der Waals surface area contributed by atoms with Gasteiger partial charge in [-0.1, -0.05) is 30.3 Å². The molecule has 0 saturated carbocycles. The number of benzene rings is 1. The van der Waals surface area contributed by atoms with E-state index < -0.39 is 5.51 Å². The summed E-state index contributed by atoms with van der Waals surface area (Å²) in [7, 11) is 0. The Morgan fingerprint density at radius 2 is 1.84 bits per heavy atom. The first-order valence-corrected chi connectivity index (χ1v) is 6.68. The monoisotopic (exact) mass is 307 g/mol. The predicted octanol–water partition coefficient (Wildman–Crippen LogP) is 3.85. The van der Waals surface area contributed by atoms with E-state index in [0.717, 1.165) is 5.56 Å². The number of aromatic nitrogens is 3. The van der Waals surface area contributed by atoms with E-state index in [4.69, 9.17) is 11.6 Å². The van der Waals surface area contributed by atoms with Gasteiger partial charge in [-0.15, -0.1) is 10.2 Å². The zero-order chi connectivity index (χ0) is 13.9. The number of hydrogen-bond donors (Lipinski definition) is 0. The van der Waals surface area contributed by atoms with Crippen molar-refractivity contribution >= 4 is 23.4 Å². The zero-order valence-electron chi connectivity index (χ0n) is 9.56. The van der Waals surface area contributed by atoms with Crippen molar-refractivity contribution in [3.05, 3.63) is 35.6 Å². The maximum Gasteiger partial charge on any atom is 0.441 e. The molecular formula is C11H9ClF3N3S. The first-order valence-electron chi connectivity index (χ1n) is 5.32. The van der Waals surface area contributed by atoms with Crippen molar-refractivity contribution in [3.63, 3.8) is 0 Å². The van der Waals surface area contributed by atoms with E-state index in [2.05, 4.69) is 10.2 Å². The van der Waals surface area contributed by atoms with Gasteiger partial charge in [0.1, 0.15) is 0 Å². The molecule has 0 aliphatic rings. The zero-order valence-corrected chi connectivity index (χ0v) is 11.1. The average molecular weight is 308 g/mol. The van der Waals surface area contributed by atoms with Crippen molar-refractivity contribution in [2.24, 2.45) is 0 Å². The van der Waals surface area contributed by atoms with Crippen molar-refractivity contribution in [2.45, 2.75) is 12.1 Å². The summed E-state index contributed by atoms with van der Waals surface area (Å²) in [5.74, 6) is 0.328. The van der Waals surface area contributed by atoms with Gasteiger partial charge in [-0.3, -0.25) is 4.57 Å². The summed E-state index contributed by atoms with van der Waals surface area (Å²) in [5.41, 5.74) is -3.48. The highest BCUT2D eigenvalue weighted by atomic mass is 35.5.